The van der Waals surface area contributed by atoms with E-state index in [2.05, 4.69) is 31.3 Å². The van der Waals surface area contributed by atoms with Crippen molar-refractivity contribution in [3.63, 3.8) is 0 Å². The van der Waals surface area contributed by atoms with E-state index in [-0.39, 0.29) is 0 Å². The summed E-state index contributed by atoms with van der Waals surface area (Å²) in [7, 11) is 1.83. The zero-order valence-corrected chi connectivity index (χ0v) is 12.6. The molecule has 1 unspecified atom stereocenters. The van der Waals surface area contributed by atoms with Crippen LogP contribution in [0.2, 0.25) is 0 Å². The van der Waals surface area contributed by atoms with Crippen LogP contribution in [0.3, 0.4) is 0 Å². The van der Waals surface area contributed by atoms with Crippen molar-refractivity contribution in [1.82, 2.24) is 9.78 Å². The van der Waals surface area contributed by atoms with Crippen LogP contribution in [0.15, 0.2) is 39.9 Å². The minimum absolute atomic E-state index is 0.298. The summed E-state index contributed by atoms with van der Waals surface area (Å²) in [5.41, 5.74) is 13.4. The molecule has 0 spiro atoms. The Morgan fingerprint density at radius 3 is 2.75 bits per heavy atom. The number of aromatic nitrogens is 2. The van der Waals surface area contributed by atoms with E-state index in [0.29, 0.717) is 17.0 Å². The topological polar surface area (TPSA) is 94.2 Å². The molecule has 2 heterocycles. The lowest BCUT2D eigenvalue weighted by atomic mass is 9.94. The highest BCUT2D eigenvalue weighted by molar-refractivity contribution is 9.10. The highest BCUT2D eigenvalue weighted by Crippen LogP contribution is 2.38. The van der Waals surface area contributed by atoms with E-state index in [9.17, 15) is 0 Å². The molecular formula is C13H15BrN6. The van der Waals surface area contributed by atoms with Gasteiger partial charge < -0.3 is 16.8 Å². The van der Waals surface area contributed by atoms with Gasteiger partial charge in [-0.1, -0.05) is 30.3 Å². The lowest BCUT2D eigenvalue weighted by Crippen LogP contribution is -2.45. The molecule has 1 aliphatic heterocycles. The van der Waals surface area contributed by atoms with Crippen LogP contribution in [0.4, 0.5) is 5.82 Å². The number of aryl methyl sites for hydroxylation is 1. The predicted molar refractivity (Wildman–Crippen MR) is 82.2 cm³/mol. The van der Waals surface area contributed by atoms with E-state index in [1.54, 1.807) is 4.68 Å². The van der Waals surface area contributed by atoms with Crippen LogP contribution in [0, 0.1) is 0 Å². The molecule has 20 heavy (non-hydrogen) atoms. The van der Waals surface area contributed by atoms with Gasteiger partial charge in [0.2, 0.25) is 0 Å². The SMILES string of the molecule is Cn1nc(Br)c2c1NC(N)=NC2(N)Cc1ccccc1. The van der Waals surface area contributed by atoms with Gasteiger partial charge in [0.1, 0.15) is 16.1 Å². The van der Waals surface area contributed by atoms with E-state index in [1.807, 2.05) is 37.4 Å². The molecule has 0 radical (unpaired) electrons. The molecule has 0 bridgehead atoms. The van der Waals surface area contributed by atoms with Crippen molar-refractivity contribution in [2.24, 2.45) is 23.5 Å². The van der Waals surface area contributed by atoms with Gasteiger partial charge >= 0.3 is 0 Å². The summed E-state index contributed by atoms with van der Waals surface area (Å²) in [6.45, 7) is 0. The lowest BCUT2D eigenvalue weighted by Gasteiger charge is -2.30. The van der Waals surface area contributed by atoms with Gasteiger partial charge in [0.25, 0.3) is 0 Å². The first kappa shape index (κ1) is 13.1. The molecule has 0 saturated carbocycles. The Morgan fingerprint density at radius 1 is 1.35 bits per heavy atom. The third-order valence-electron chi connectivity index (χ3n) is 3.32. The van der Waals surface area contributed by atoms with Crippen molar-refractivity contribution in [1.29, 1.82) is 0 Å². The van der Waals surface area contributed by atoms with Crippen molar-refractivity contribution < 1.29 is 0 Å². The smallest absolute Gasteiger partial charge is 0.196 e. The summed E-state index contributed by atoms with van der Waals surface area (Å²) in [5, 5.41) is 7.33. The average Bonchev–Trinajstić information content (AvgIpc) is 2.65. The van der Waals surface area contributed by atoms with E-state index >= 15 is 0 Å². The second-order valence-electron chi connectivity index (χ2n) is 4.85. The number of guanidine groups is 1. The van der Waals surface area contributed by atoms with Gasteiger partial charge in [-0.3, -0.25) is 4.68 Å². The Kier molecular flexibility index (Phi) is 3.02. The molecule has 0 fully saturated rings. The van der Waals surface area contributed by atoms with E-state index in [0.717, 1.165) is 16.9 Å². The first-order chi connectivity index (χ1) is 9.49. The Labute approximate surface area is 125 Å². The number of nitrogens with zero attached hydrogens (tertiary/aromatic N) is 3. The van der Waals surface area contributed by atoms with Gasteiger partial charge in [-0.2, -0.15) is 5.10 Å². The fourth-order valence-corrected chi connectivity index (χ4v) is 3.24. The molecule has 5 N–H and O–H groups in total. The fraction of sp³-hybridized carbons (Fsp3) is 0.231. The fourth-order valence-electron chi connectivity index (χ4n) is 2.47. The van der Waals surface area contributed by atoms with Gasteiger partial charge in [-0.05, 0) is 21.5 Å². The largest absolute Gasteiger partial charge is 0.370 e. The zero-order chi connectivity index (χ0) is 14.3. The molecule has 1 atom stereocenters. The minimum Gasteiger partial charge on any atom is -0.370 e. The summed E-state index contributed by atoms with van der Waals surface area (Å²) in [4.78, 5) is 4.40. The van der Waals surface area contributed by atoms with Crippen molar-refractivity contribution in [3.8, 4) is 0 Å². The summed E-state index contributed by atoms with van der Waals surface area (Å²) in [6.07, 6.45) is 0.549. The first-order valence-corrected chi connectivity index (χ1v) is 6.97. The molecule has 2 aromatic rings. The maximum atomic E-state index is 6.52. The number of fused-ring (bicyclic) bond motifs is 1. The maximum absolute atomic E-state index is 6.52. The Balaban J connectivity index is 2.09. The number of hydrogen-bond donors (Lipinski definition) is 3. The number of nitrogens with two attached hydrogens (primary N) is 2. The van der Waals surface area contributed by atoms with E-state index < -0.39 is 5.66 Å². The monoisotopic (exact) mass is 334 g/mol. The van der Waals surface area contributed by atoms with Crippen LogP contribution in [-0.4, -0.2) is 15.7 Å². The van der Waals surface area contributed by atoms with Gasteiger partial charge in [0, 0.05) is 13.5 Å². The second-order valence-corrected chi connectivity index (χ2v) is 5.60. The summed E-state index contributed by atoms with van der Waals surface area (Å²) in [5.74, 6) is 1.06. The third kappa shape index (κ3) is 2.08. The van der Waals surface area contributed by atoms with Gasteiger partial charge in [0.05, 0.1) is 5.56 Å². The number of hydrogen-bond acceptors (Lipinski definition) is 5. The van der Waals surface area contributed by atoms with Crippen LogP contribution >= 0.6 is 15.9 Å². The number of anilines is 1. The van der Waals surface area contributed by atoms with E-state index in [4.69, 9.17) is 11.5 Å². The molecular weight excluding hydrogens is 320 g/mol. The van der Waals surface area contributed by atoms with Crippen molar-refractivity contribution in [2.45, 2.75) is 12.1 Å². The van der Waals surface area contributed by atoms with Crippen LogP contribution in [0.5, 0.6) is 0 Å². The number of rotatable bonds is 2. The number of nitrogens with one attached hydrogen (secondary N) is 1. The average molecular weight is 335 g/mol. The summed E-state index contributed by atoms with van der Waals surface area (Å²) >= 11 is 3.45. The van der Waals surface area contributed by atoms with Crippen molar-refractivity contribution >= 4 is 27.7 Å². The Bertz CT molecular complexity index is 678. The van der Waals surface area contributed by atoms with Crippen LogP contribution in [0.1, 0.15) is 11.1 Å². The molecule has 0 saturated heterocycles. The second kappa shape index (κ2) is 4.60. The molecule has 6 nitrogen and oxygen atoms in total. The van der Waals surface area contributed by atoms with Crippen LogP contribution in [0.25, 0.3) is 0 Å². The molecule has 0 amide bonds. The quantitative estimate of drug-likeness (QED) is 0.770. The maximum Gasteiger partial charge on any atom is 0.196 e. The molecule has 7 heteroatoms. The first-order valence-electron chi connectivity index (χ1n) is 6.18. The van der Waals surface area contributed by atoms with E-state index in [1.165, 1.54) is 0 Å². The highest BCUT2D eigenvalue weighted by Gasteiger charge is 2.38. The lowest BCUT2D eigenvalue weighted by molar-refractivity contribution is 0.460. The third-order valence-corrected chi connectivity index (χ3v) is 3.88. The van der Waals surface area contributed by atoms with Gasteiger partial charge in [-0.15, -0.1) is 0 Å². The molecule has 0 aliphatic carbocycles. The zero-order valence-electron chi connectivity index (χ0n) is 11.0. The Morgan fingerprint density at radius 2 is 2.05 bits per heavy atom. The van der Waals surface area contributed by atoms with Crippen LogP contribution in [-0.2, 0) is 19.1 Å². The summed E-state index contributed by atoms with van der Waals surface area (Å²) in [6, 6.07) is 9.97. The summed E-state index contributed by atoms with van der Waals surface area (Å²) < 4.78 is 2.38. The molecule has 1 aromatic carbocycles. The molecule has 104 valence electrons. The number of halogens is 1. The van der Waals surface area contributed by atoms with Gasteiger partial charge in [0.15, 0.2) is 5.96 Å². The van der Waals surface area contributed by atoms with Crippen LogP contribution < -0.4 is 16.8 Å². The predicted octanol–water partition coefficient (Wildman–Crippen LogP) is 1.28. The van der Waals surface area contributed by atoms with Crippen molar-refractivity contribution in [3.05, 3.63) is 46.1 Å². The molecule has 1 aromatic heterocycles. The number of aliphatic imine (C=N–C) groups is 1. The normalized spacial score (nSPS) is 21.1. The minimum atomic E-state index is -0.931. The van der Waals surface area contributed by atoms with Gasteiger partial charge in [-0.25, -0.2) is 4.99 Å². The highest BCUT2D eigenvalue weighted by atomic mass is 79.9. The number of benzene rings is 1. The van der Waals surface area contributed by atoms with Crippen molar-refractivity contribution in [2.75, 3.05) is 5.32 Å². The Hall–Kier alpha value is -1.86. The standard InChI is InChI=1S/C13H15BrN6/c1-20-11-9(10(14)19-20)13(16,18-12(15)17-11)7-8-5-3-2-4-6-8/h2-6H,7,16H2,1H3,(H3,15,17,18). The molecule has 3 rings (SSSR count). The molecule has 1 aliphatic rings.